The first-order valence-corrected chi connectivity index (χ1v) is 7.17. The molecule has 0 saturated carbocycles. The van der Waals surface area contributed by atoms with E-state index in [9.17, 15) is 15.2 Å². The molecule has 3 unspecified atom stereocenters. The van der Waals surface area contributed by atoms with Crippen molar-refractivity contribution in [3.63, 3.8) is 0 Å². The van der Waals surface area contributed by atoms with Crippen molar-refractivity contribution in [3.05, 3.63) is 36.4 Å². The summed E-state index contributed by atoms with van der Waals surface area (Å²) in [6.45, 7) is 1.66. The number of hydrogen-bond donors (Lipinski definition) is 1. The first-order valence-electron chi connectivity index (χ1n) is 7.17. The standard InChI is InChI=1S/C17H19NO3/c1-12(21-15-9-7-14(19)8-10-15)17(20)16(11-18)13-5-3-2-4-6-13/h3,5,7-10,12-13,16,19H,2,4,6H2,1H3. The van der Waals surface area contributed by atoms with Gasteiger partial charge in [0.2, 0.25) is 0 Å². The Morgan fingerprint density at radius 2 is 2.14 bits per heavy atom. The van der Waals surface area contributed by atoms with Crippen LogP contribution in [0, 0.1) is 23.2 Å². The summed E-state index contributed by atoms with van der Waals surface area (Å²) in [5, 5.41) is 18.5. The van der Waals surface area contributed by atoms with E-state index < -0.39 is 12.0 Å². The number of ether oxygens (including phenoxy) is 1. The molecule has 4 heteroatoms. The van der Waals surface area contributed by atoms with Crippen molar-refractivity contribution in [2.24, 2.45) is 11.8 Å². The third kappa shape index (κ3) is 3.85. The molecule has 0 heterocycles. The Hall–Kier alpha value is -2.28. The average molecular weight is 285 g/mol. The fourth-order valence-corrected chi connectivity index (χ4v) is 2.53. The Kier molecular flexibility index (Phi) is 4.99. The number of hydrogen-bond acceptors (Lipinski definition) is 4. The van der Waals surface area contributed by atoms with Gasteiger partial charge in [-0.1, -0.05) is 12.2 Å². The molecule has 0 bridgehead atoms. The molecule has 21 heavy (non-hydrogen) atoms. The summed E-state index contributed by atoms with van der Waals surface area (Å²) in [6.07, 6.45) is 6.23. The molecule has 1 aromatic rings. The monoisotopic (exact) mass is 285 g/mol. The highest BCUT2D eigenvalue weighted by Gasteiger charge is 2.31. The van der Waals surface area contributed by atoms with Crippen LogP contribution in [0.15, 0.2) is 36.4 Å². The molecule has 110 valence electrons. The fraction of sp³-hybridized carbons (Fsp3) is 0.412. The van der Waals surface area contributed by atoms with Crippen LogP contribution >= 0.6 is 0 Å². The van der Waals surface area contributed by atoms with Gasteiger partial charge >= 0.3 is 0 Å². The Morgan fingerprint density at radius 3 is 2.71 bits per heavy atom. The number of nitrogens with zero attached hydrogens (tertiary/aromatic N) is 1. The predicted molar refractivity (Wildman–Crippen MR) is 78.8 cm³/mol. The second-order valence-electron chi connectivity index (χ2n) is 5.29. The topological polar surface area (TPSA) is 70.3 Å². The molecule has 3 atom stereocenters. The number of Topliss-reactive ketones (excluding diaryl/α,β-unsaturated/α-hetero) is 1. The minimum atomic E-state index is -0.686. The highest BCUT2D eigenvalue weighted by Crippen LogP contribution is 2.27. The molecule has 0 saturated heterocycles. The highest BCUT2D eigenvalue weighted by atomic mass is 16.5. The van der Waals surface area contributed by atoms with Crippen molar-refractivity contribution in [1.82, 2.24) is 0 Å². The molecule has 0 aromatic heterocycles. The van der Waals surface area contributed by atoms with E-state index in [1.54, 1.807) is 19.1 Å². The molecule has 2 rings (SSSR count). The van der Waals surface area contributed by atoms with Gasteiger partial charge in [0.05, 0.1) is 6.07 Å². The van der Waals surface area contributed by atoms with E-state index >= 15 is 0 Å². The molecule has 4 nitrogen and oxygen atoms in total. The van der Waals surface area contributed by atoms with E-state index in [-0.39, 0.29) is 17.5 Å². The molecule has 0 fully saturated rings. The van der Waals surface area contributed by atoms with Crippen LogP contribution in [-0.4, -0.2) is 17.0 Å². The van der Waals surface area contributed by atoms with Crippen LogP contribution in [0.5, 0.6) is 11.5 Å². The largest absolute Gasteiger partial charge is 0.508 e. The van der Waals surface area contributed by atoms with Gasteiger partial charge in [-0.3, -0.25) is 4.79 Å². The van der Waals surface area contributed by atoms with Crippen molar-refractivity contribution in [1.29, 1.82) is 5.26 Å². The summed E-state index contributed by atoms with van der Waals surface area (Å²) in [7, 11) is 0. The van der Waals surface area contributed by atoms with Crippen LogP contribution in [0.25, 0.3) is 0 Å². The van der Waals surface area contributed by atoms with Crippen LogP contribution in [0.4, 0.5) is 0 Å². The Balaban J connectivity index is 2.03. The first-order chi connectivity index (χ1) is 10.1. The Morgan fingerprint density at radius 1 is 1.43 bits per heavy atom. The number of carbonyl (C=O) groups excluding carboxylic acids is 1. The maximum atomic E-state index is 12.4. The maximum absolute atomic E-state index is 12.4. The van der Waals surface area contributed by atoms with Gasteiger partial charge in [-0.05, 0) is 56.4 Å². The number of phenolic OH excluding ortho intramolecular Hbond substituents is 1. The zero-order valence-electron chi connectivity index (χ0n) is 12.0. The second-order valence-corrected chi connectivity index (χ2v) is 5.29. The van der Waals surface area contributed by atoms with Crippen molar-refractivity contribution in [2.75, 3.05) is 0 Å². The lowest BCUT2D eigenvalue weighted by molar-refractivity contribution is -0.128. The average Bonchev–Trinajstić information content (AvgIpc) is 2.51. The van der Waals surface area contributed by atoms with Gasteiger partial charge in [0.25, 0.3) is 0 Å². The van der Waals surface area contributed by atoms with Crippen LogP contribution in [-0.2, 0) is 4.79 Å². The molecule has 1 aliphatic rings. The van der Waals surface area contributed by atoms with E-state index in [1.165, 1.54) is 12.1 Å². The lowest BCUT2D eigenvalue weighted by Gasteiger charge is -2.23. The summed E-state index contributed by atoms with van der Waals surface area (Å²) < 4.78 is 5.57. The third-order valence-electron chi connectivity index (χ3n) is 3.72. The number of ketones is 1. The van der Waals surface area contributed by atoms with E-state index in [0.29, 0.717) is 5.75 Å². The summed E-state index contributed by atoms with van der Waals surface area (Å²) in [5.41, 5.74) is 0. The minimum Gasteiger partial charge on any atom is -0.508 e. The molecule has 0 amide bonds. The quantitative estimate of drug-likeness (QED) is 0.843. The van der Waals surface area contributed by atoms with Crippen LogP contribution in [0.1, 0.15) is 26.2 Å². The van der Waals surface area contributed by atoms with Crippen LogP contribution < -0.4 is 4.74 Å². The summed E-state index contributed by atoms with van der Waals surface area (Å²) in [6, 6.07) is 8.32. The summed E-state index contributed by atoms with van der Waals surface area (Å²) >= 11 is 0. The summed E-state index contributed by atoms with van der Waals surface area (Å²) in [4.78, 5) is 12.4. The van der Waals surface area contributed by atoms with E-state index in [1.807, 2.05) is 12.2 Å². The van der Waals surface area contributed by atoms with Crippen molar-refractivity contribution in [2.45, 2.75) is 32.3 Å². The number of carbonyl (C=O) groups is 1. The van der Waals surface area contributed by atoms with E-state index in [2.05, 4.69) is 6.07 Å². The highest BCUT2D eigenvalue weighted by molar-refractivity contribution is 5.88. The van der Waals surface area contributed by atoms with Gasteiger partial charge < -0.3 is 9.84 Å². The first kappa shape index (κ1) is 15.1. The number of phenols is 1. The second kappa shape index (κ2) is 6.94. The van der Waals surface area contributed by atoms with Crippen LogP contribution in [0.2, 0.25) is 0 Å². The molecular formula is C17H19NO3. The zero-order chi connectivity index (χ0) is 15.2. The molecule has 0 spiro atoms. The zero-order valence-corrected chi connectivity index (χ0v) is 12.0. The lowest BCUT2D eigenvalue weighted by atomic mass is 9.81. The molecule has 0 aliphatic heterocycles. The van der Waals surface area contributed by atoms with Gasteiger partial charge in [0.15, 0.2) is 11.9 Å². The van der Waals surface area contributed by atoms with Crippen molar-refractivity contribution in [3.8, 4) is 17.6 Å². The molecule has 1 aliphatic carbocycles. The summed E-state index contributed by atoms with van der Waals surface area (Å²) in [5.74, 6) is -0.217. The predicted octanol–water partition coefficient (Wildman–Crippen LogP) is 3.22. The molecular weight excluding hydrogens is 266 g/mol. The maximum Gasteiger partial charge on any atom is 0.190 e. The molecule has 1 N–H and O–H groups in total. The number of benzene rings is 1. The number of nitriles is 1. The fourth-order valence-electron chi connectivity index (χ4n) is 2.53. The number of aromatic hydroxyl groups is 1. The normalized spacial score (nSPS) is 20.3. The molecule has 1 aromatic carbocycles. The number of rotatable bonds is 5. The van der Waals surface area contributed by atoms with Crippen LogP contribution in [0.3, 0.4) is 0 Å². The van der Waals surface area contributed by atoms with Gasteiger partial charge in [0, 0.05) is 0 Å². The smallest absolute Gasteiger partial charge is 0.190 e. The SMILES string of the molecule is CC(Oc1ccc(O)cc1)C(=O)C(C#N)C1C=CCCC1. The number of allylic oxidation sites excluding steroid dienone is 2. The van der Waals surface area contributed by atoms with E-state index in [4.69, 9.17) is 4.74 Å². The Bertz CT molecular complexity index is 556. The van der Waals surface area contributed by atoms with Gasteiger partial charge in [-0.2, -0.15) is 5.26 Å². The Labute approximate surface area is 124 Å². The van der Waals surface area contributed by atoms with Crippen molar-refractivity contribution >= 4 is 5.78 Å². The third-order valence-corrected chi connectivity index (χ3v) is 3.72. The molecule has 0 radical (unpaired) electrons. The van der Waals surface area contributed by atoms with Gasteiger partial charge in [-0.25, -0.2) is 0 Å². The minimum absolute atomic E-state index is 0.0119. The van der Waals surface area contributed by atoms with Gasteiger partial charge in [0.1, 0.15) is 17.4 Å². The lowest BCUT2D eigenvalue weighted by Crippen LogP contribution is -2.33. The van der Waals surface area contributed by atoms with Crippen molar-refractivity contribution < 1.29 is 14.6 Å². The van der Waals surface area contributed by atoms with E-state index in [0.717, 1.165) is 19.3 Å². The van der Waals surface area contributed by atoms with Gasteiger partial charge in [-0.15, -0.1) is 0 Å².